The number of carboxylic acid groups (broad SMARTS) is 1. The predicted octanol–water partition coefficient (Wildman–Crippen LogP) is 1.34. The fourth-order valence-electron chi connectivity index (χ4n) is 3.85. The van der Waals surface area contributed by atoms with Gasteiger partial charge in [-0.3, -0.25) is 30.0 Å². The molecule has 10 nitrogen and oxygen atoms in total. The van der Waals surface area contributed by atoms with E-state index in [0.29, 0.717) is 5.69 Å². The van der Waals surface area contributed by atoms with Crippen LogP contribution in [0.2, 0.25) is 0 Å². The number of carbonyl (C=O) groups excluding carboxylic acids is 3. The number of ether oxygens (including phenoxy) is 1. The Balaban J connectivity index is 1.35. The van der Waals surface area contributed by atoms with Gasteiger partial charge in [-0.25, -0.2) is 0 Å². The number of amides is 3. The average Bonchev–Trinajstić information content (AvgIpc) is 3.46. The zero-order chi connectivity index (χ0) is 22.2. The average molecular weight is 425 g/mol. The van der Waals surface area contributed by atoms with Gasteiger partial charge >= 0.3 is 5.97 Å². The lowest BCUT2D eigenvalue weighted by Crippen LogP contribution is -2.52. The molecule has 0 unspecified atom stereocenters. The molecule has 0 spiro atoms. The fourth-order valence-corrected chi connectivity index (χ4v) is 3.85. The smallest absolute Gasteiger partial charge is 0.310 e. The van der Waals surface area contributed by atoms with Gasteiger partial charge in [0.05, 0.1) is 23.9 Å². The number of hydrazine groups is 1. The third kappa shape index (κ3) is 3.80. The van der Waals surface area contributed by atoms with Crippen molar-refractivity contribution in [2.24, 2.45) is 11.8 Å². The molecule has 4 rings (SSSR count). The maximum Gasteiger partial charge on any atom is 0.310 e. The summed E-state index contributed by atoms with van der Waals surface area (Å²) in [4.78, 5) is 48.5. The molecule has 4 N–H and O–H groups in total. The van der Waals surface area contributed by atoms with Gasteiger partial charge < -0.3 is 19.6 Å². The highest BCUT2D eigenvalue weighted by Crippen LogP contribution is 2.46. The number of fused-ring (bicyclic) bond motifs is 2. The summed E-state index contributed by atoms with van der Waals surface area (Å²) >= 11 is 0. The summed E-state index contributed by atoms with van der Waals surface area (Å²) in [5.74, 6) is -4.71. The number of anilines is 1. The standard InChI is InChI=1S/C21H19N3O7/c1-21-9-8-13(31-21)15(20(28)29)16(21)19(27)24-23-17(25)11-4-6-12(7-5-11)22-18(26)14-3-2-10-30-14/h2-10,13,15-16H,1H3,(H,22,26)(H,23,25)(H,24,27)(H,28,29)/t13-,15+,16-,21+/m1/s1. The minimum Gasteiger partial charge on any atom is -0.481 e. The normalized spacial score (nSPS) is 25.8. The number of furan rings is 1. The van der Waals surface area contributed by atoms with Crippen LogP contribution in [0, 0.1) is 11.8 Å². The molecular weight excluding hydrogens is 406 g/mol. The number of hydrogen-bond donors (Lipinski definition) is 4. The highest BCUT2D eigenvalue weighted by molar-refractivity contribution is 6.02. The van der Waals surface area contributed by atoms with Crippen LogP contribution in [0.1, 0.15) is 27.8 Å². The van der Waals surface area contributed by atoms with Gasteiger partial charge in [-0.1, -0.05) is 12.2 Å². The summed E-state index contributed by atoms with van der Waals surface area (Å²) in [6.45, 7) is 1.63. The topological polar surface area (TPSA) is 147 Å². The Labute approximate surface area is 176 Å². The Hall–Kier alpha value is -3.92. The van der Waals surface area contributed by atoms with E-state index in [-0.39, 0.29) is 11.3 Å². The van der Waals surface area contributed by atoms with Crippen molar-refractivity contribution >= 4 is 29.4 Å². The number of nitrogens with one attached hydrogen (secondary N) is 3. The number of rotatable bonds is 5. The lowest BCUT2D eigenvalue weighted by atomic mass is 9.76. The first-order chi connectivity index (χ1) is 14.8. The van der Waals surface area contributed by atoms with Crippen LogP contribution < -0.4 is 16.2 Å². The minimum atomic E-state index is -1.14. The van der Waals surface area contributed by atoms with Gasteiger partial charge in [-0.2, -0.15) is 0 Å². The van der Waals surface area contributed by atoms with E-state index in [4.69, 9.17) is 9.15 Å². The van der Waals surface area contributed by atoms with Gasteiger partial charge in [0.25, 0.3) is 11.8 Å². The maximum atomic E-state index is 12.6. The van der Waals surface area contributed by atoms with Crippen molar-refractivity contribution in [3.8, 4) is 0 Å². The summed E-state index contributed by atoms with van der Waals surface area (Å²) in [5.41, 5.74) is 4.19. The number of benzene rings is 1. The molecule has 0 radical (unpaired) electrons. The molecule has 4 atom stereocenters. The second-order valence-corrected chi connectivity index (χ2v) is 7.42. The summed E-state index contributed by atoms with van der Waals surface area (Å²) in [5, 5.41) is 12.1. The van der Waals surface area contributed by atoms with Gasteiger partial charge in [0.1, 0.15) is 5.92 Å². The molecule has 1 saturated heterocycles. The predicted molar refractivity (Wildman–Crippen MR) is 106 cm³/mol. The van der Waals surface area contributed by atoms with Crippen LogP contribution in [0.25, 0.3) is 0 Å². The van der Waals surface area contributed by atoms with E-state index in [1.165, 1.54) is 36.6 Å². The molecule has 1 aromatic carbocycles. The van der Waals surface area contributed by atoms with Crippen molar-refractivity contribution in [1.82, 2.24) is 10.9 Å². The van der Waals surface area contributed by atoms with Crippen LogP contribution in [-0.4, -0.2) is 40.5 Å². The van der Waals surface area contributed by atoms with Crippen LogP contribution in [0.4, 0.5) is 5.69 Å². The lowest BCUT2D eigenvalue weighted by molar-refractivity contribution is -0.147. The molecule has 3 amide bonds. The van der Waals surface area contributed by atoms with Crippen LogP contribution in [0.15, 0.2) is 59.2 Å². The zero-order valence-electron chi connectivity index (χ0n) is 16.3. The van der Waals surface area contributed by atoms with E-state index in [2.05, 4.69) is 16.2 Å². The van der Waals surface area contributed by atoms with Crippen LogP contribution >= 0.6 is 0 Å². The Bertz CT molecular complexity index is 1060. The van der Waals surface area contributed by atoms with E-state index in [1.807, 2.05) is 0 Å². The van der Waals surface area contributed by atoms with Crippen LogP contribution in [0.3, 0.4) is 0 Å². The second kappa shape index (κ2) is 7.73. The molecule has 3 heterocycles. The summed E-state index contributed by atoms with van der Waals surface area (Å²) in [6.07, 6.45) is 4.00. The van der Waals surface area contributed by atoms with Crippen LogP contribution in [0.5, 0.6) is 0 Å². The summed E-state index contributed by atoms with van der Waals surface area (Å²) in [7, 11) is 0. The fraction of sp³-hybridized carbons (Fsp3) is 0.238. The lowest BCUT2D eigenvalue weighted by Gasteiger charge is -2.27. The molecule has 0 saturated carbocycles. The monoisotopic (exact) mass is 425 g/mol. The molecular formula is C21H19N3O7. The highest BCUT2D eigenvalue weighted by atomic mass is 16.5. The summed E-state index contributed by atoms with van der Waals surface area (Å²) < 4.78 is 10.6. The Morgan fingerprint density at radius 1 is 1.03 bits per heavy atom. The Morgan fingerprint density at radius 2 is 1.77 bits per heavy atom. The third-order valence-corrected chi connectivity index (χ3v) is 5.35. The van der Waals surface area contributed by atoms with Gasteiger partial charge in [0, 0.05) is 11.3 Å². The van der Waals surface area contributed by atoms with Crippen molar-refractivity contribution in [1.29, 1.82) is 0 Å². The molecule has 160 valence electrons. The maximum absolute atomic E-state index is 12.6. The highest BCUT2D eigenvalue weighted by Gasteiger charge is 2.59. The number of hydrogen-bond acceptors (Lipinski definition) is 6. The molecule has 2 aliphatic heterocycles. The van der Waals surface area contributed by atoms with E-state index in [1.54, 1.807) is 25.1 Å². The van der Waals surface area contributed by atoms with E-state index in [9.17, 15) is 24.3 Å². The zero-order valence-corrected chi connectivity index (χ0v) is 16.3. The quantitative estimate of drug-likeness (QED) is 0.417. The molecule has 2 aromatic rings. The molecule has 31 heavy (non-hydrogen) atoms. The third-order valence-electron chi connectivity index (χ3n) is 5.35. The second-order valence-electron chi connectivity index (χ2n) is 7.42. The SMILES string of the molecule is C[C@@]12C=C[C@@H](O1)[C@H](C(=O)O)[C@@H]2C(=O)NNC(=O)c1ccc(NC(=O)c2ccco2)cc1. The van der Waals surface area contributed by atoms with E-state index < -0.39 is 47.2 Å². The molecule has 2 bridgehead atoms. The number of aliphatic carboxylic acids is 1. The molecule has 2 aliphatic rings. The molecule has 1 aromatic heterocycles. The minimum absolute atomic E-state index is 0.150. The first-order valence-corrected chi connectivity index (χ1v) is 9.43. The number of carbonyl (C=O) groups is 4. The Kier molecular flexibility index (Phi) is 5.07. The largest absolute Gasteiger partial charge is 0.481 e. The summed E-state index contributed by atoms with van der Waals surface area (Å²) in [6, 6.07) is 9.08. The van der Waals surface area contributed by atoms with Gasteiger partial charge in [0.15, 0.2) is 5.76 Å². The van der Waals surface area contributed by atoms with Gasteiger partial charge in [-0.15, -0.1) is 0 Å². The molecule has 0 aliphatic carbocycles. The van der Waals surface area contributed by atoms with Crippen LogP contribution in [-0.2, 0) is 14.3 Å². The van der Waals surface area contributed by atoms with Gasteiger partial charge in [0.2, 0.25) is 5.91 Å². The molecule has 1 fully saturated rings. The van der Waals surface area contributed by atoms with E-state index in [0.717, 1.165) is 0 Å². The van der Waals surface area contributed by atoms with Gasteiger partial charge in [-0.05, 0) is 43.3 Å². The van der Waals surface area contributed by atoms with Crippen molar-refractivity contribution in [3.05, 3.63) is 66.1 Å². The first kappa shape index (κ1) is 20.4. The van der Waals surface area contributed by atoms with Crippen molar-refractivity contribution in [2.45, 2.75) is 18.6 Å². The van der Waals surface area contributed by atoms with Crippen molar-refractivity contribution < 1.29 is 33.4 Å². The first-order valence-electron chi connectivity index (χ1n) is 9.43. The van der Waals surface area contributed by atoms with Crippen molar-refractivity contribution in [3.63, 3.8) is 0 Å². The Morgan fingerprint density at radius 3 is 2.42 bits per heavy atom. The van der Waals surface area contributed by atoms with Crippen molar-refractivity contribution in [2.75, 3.05) is 5.32 Å². The number of carboxylic acids is 1. The molecule has 10 heteroatoms. The van der Waals surface area contributed by atoms with E-state index >= 15 is 0 Å².